The summed E-state index contributed by atoms with van der Waals surface area (Å²) < 4.78 is 0. The molecule has 1 amide bonds. The van der Waals surface area contributed by atoms with Crippen molar-refractivity contribution < 1.29 is 24.6 Å². The Labute approximate surface area is 286 Å². The lowest BCUT2D eigenvalue weighted by Gasteiger charge is -2.18. The lowest BCUT2D eigenvalue weighted by Crippen LogP contribution is -2.32. The molecule has 0 aromatic carbocycles. The van der Waals surface area contributed by atoms with Gasteiger partial charge in [0, 0.05) is 64.7 Å². The van der Waals surface area contributed by atoms with Gasteiger partial charge in [-0.05, 0) is 88.2 Å². The quantitative estimate of drug-likeness (QED) is 0.160. The van der Waals surface area contributed by atoms with Gasteiger partial charge in [0.1, 0.15) is 0 Å². The van der Waals surface area contributed by atoms with Crippen molar-refractivity contribution in [1.82, 2.24) is 30.2 Å². The highest BCUT2D eigenvalue weighted by Gasteiger charge is 2.34. The van der Waals surface area contributed by atoms with Crippen molar-refractivity contribution in [2.45, 2.75) is 72.1 Å². The molecule has 8 bridgehead atoms. The second-order valence-electron chi connectivity index (χ2n) is 13.2. The summed E-state index contributed by atoms with van der Waals surface area (Å²) in [6.45, 7) is 15.0. The third-order valence-electron chi connectivity index (χ3n) is 9.84. The number of aromatic amines is 2. The molecule has 2 aliphatic heterocycles. The minimum atomic E-state index is -1.13. The highest BCUT2D eigenvalue weighted by molar-refractivity contribution is 6.03. The number of aromatic carboxylic acids is 1. The van der Waals surface area contributed by atoms with Crippen molar-refractivity contribution in [2.24, 2.45) is 0 Å². The number of amides is 1. The van der Waals surface area contributed by atoms with E-state index in [-0.39, 0.29) is 42.6 Å². The Morgan fingerprint density at radius 2 is 1.69 bits per heavy atom. The molecule has 0 radical (unpaired) electrons. The number of aryl methyl sites for hydroxylation is 3. The van der Waals surface area contributed by atoms with E-state index in [0.717, 1.165) is 51.1 Å². The zero-order valence-corrected chi connectivity index (χ0v) is 29.4. The molecule has 0 fully saturated rings. The van der Waals surface area contributed by atoms with Crippen LogP contribution in [0, 0.1) is 13.8 Å². The molecular weight excluding hydrogens is 620 g/mol. The first-order valence-corrected chi connectivity index (χ1v) is 16.7. The number of nitrogens with zero attached hydrogens (tertiary/aromatic N) is 3. The number of rotatable bonds is 11. The fourth-order valence-electron chi connectivity index (χ4n) is 7.02. The monoisotopic (exact) mass is 666 g/mol. The van der Waals surface area contributed by atoms with Gasteiger partial charge in [-0.1, -0.05) is 26.5 Å². The predicted octanol–water partition coefficient (Wildman–Crippen LogP) is 6.28. The molecule has 0 aliphatic carbocycles. The van der Waals surface area contributed by atoms with Crippen LogP contribution >= 0.6 is 0 Å². The van der Waals surface area contributed by atoms with Crippen molar-refractivity contribution >= 4 is 51.1 Å². The molecule has 5 heterocycles. The fraction of sp³-hybridized carbons (Fsp3) is 0.395. The fourth-order valence-corrected chi connectivity index (χ4v) is 7.02. The molecule has 5 rings (SSSR count). The van der Waals surface area contributed by atoms with Crippen LogP contribution in [-0.4, -0.2) is 80.1 Å². The number of hydrogen-bond donors (Lipinski definition) is 5. The van der Waals surface area contributed by atoms with Crippen molar-refractivity contribution in [3.8, 4) is 0 Å². The first-order valence-electron chi connectivity index (χ1n) is 16.7. The first kappa shape index (κ1) is 35.3. The Bertz CT molecular complexity index is 2050. The Morgan fingerprint density at radius 3 is 2.33 bits per heavy atom. The Kier molecular flexibility index (Phi) is 10.2. The van der Waals surface area contributed by atoms with E-state index in [0.29, 0.717) is 46.6 Å². The molecule has 11 nitrogen and oxygen atoms in total. The maximum absolute atomic E-state index is 13.6. The summed E-state index contributed by atoms with van der Waals surface area (Å²) in [5.74, 6) is -2.99. The molecule has 3 aromatic rings. The van der Waals surface area contributed by atoms with Gasteiger partial charge in [0.15, 0.2) is 0 Å². The SMILES string of the molecule is C=CC1=C(C)c2cc3nc(c(CC(=O)NCCN(C)C)c4[nH]c(cc5[nH]c(cc1n2)c(C)c5CC)c(C)c4C(=O)O)[C@@H](CCC(=O)O)[C@@H]3C. The van der Waals surface area contributed by atoms with Crippen molar-refractivity contribution in [3.63, 3.8) is 0 Å². The van der Waals surface area contributed by atoms with Crippen LogP contribution < -0.4 is 5.32 Å². The zero-order chi connectivity index (χ0) is 35.7. The minimum Gasteiger partial charge on any atom is -0.481 e. The molecule has 0 saturated heterocycles. The van der Waals surface area contributed by atoms with Crippen LogP contribution in [0.4, 0.5) is 0 Å². The van der Waals surface area contributed by atoms with Gasteiger partial charge in [-0.3, -0.25) is 14.6 Å². The molecule has 2 atom stereocenters. The summed E-state index contributed by atoms with van der Waals surface area (Å²) in [5, 5.41) is 23.3. The minimum absolute atomic E-state index is 0.0536. The smallest absolute Gasteiger partial charge is 0.338 e. The molecule has 258 valence electrons. The molecule has 0 spiro atoms. The summed E-state index contributed by atoms with van der Waals surface area (Å²) in [4.78, 5) is 57.4. The van der Waals surface area contributed by atoms with E-state index in [1.807, 2.05) is 51.0 Å². The lowest BCUT2D eigenvalue weighted by atomic mass is 9.85. The summed E-state index contributed by atoms with van der Waals surface area (Å²) >= 11 is 0. The lowest BCUT2D eigenvalue weighted by molar-refractivity contribution is -0.137. The number of H-pyrrole nitrogens is 2. The van der Waals surface area contributed by atoms with Crippen LogP contribution in [0.3, 0.4) is 0 Å². The van der Waals surface area contributed by atoms with E-state index in [2.05, 4.69) is 35.7 Å². The number of fused-ring (bicyclic) bond motifs is 8. The highest BCUT2D eigenvalue weighted by atomic mass is 16.4. The predicted molar refractivity (Wildman–Crippen MR) is 193 cm³/mol. The number of likely N-dealkylation sites (N-methyl/N-ethyl adjacent to an activating group) is 1. The number of allylic oxidation sites excluding steroid dienone is 3. The summed E-state index contributed by atoms with van der Waals surface area (Å²) in [5.41, 5.74) is 10.3. The number of carboxylic acids is 2. The second kappa shape index (κ2) is 14.2. The first-order chi connectivity index (χ1) is 23.2. The van der Waals surface area contributed by atoms with E-state index in [1.165, 1.54) is 0 Å². The van der Waals surface area contributed by atoms with E-state index in [4.69, 9.17) is 9.97 Å². The van der Waals surface area contributed by atoms with Gasteiger partial charge in [-0.15, -0.1) is 0 Å². The van der Waals surface area contributed by atoms with Crippen LogP contribution in [0.5, 0.6) is 0 Å². The van der Waals surface area contributed by atoms with Crippen LogP contribution in [-0.2, 0) is 22.4 Å². The van der Waals surface area contributed by atoms with Gasteiger partial charge in [0.2, 0.25) is 5.91 Å². The summed E-state index contributed by atoms with van der Waals surface area (Å²) in [6, 6.07) is 5.86. The van der Waals surface area contributed by atoms with Gasteiger partial charge in [0.25, 0.3) is 0 Å². The average Bonchev–Trinajstić information content (AvgIpc) is 3.71. The van der Waals surface area contributed by atoms with Gasteiger partial charge >= 0.3 is 11.9 Å². The Morgan fingerprint density at radius 1 is 0.980 bits per heavy atom. The van der Waals surface area contributed by atoms with E-state index in [1.54, 1.807) is 13.0 Å². The molecule has 49 heavy (non-hydrogen) atoms. The van der Waals surface area contributed by atoms with Crippen LogP contribution in [0.25, 0.3) is 33.2 Å². The molecule has 2 aliphatic rings. The molecule has 5 N–H and O–H groups in total. The number of aromatic nitrogens is 4. The molecule has 0 unspecified atom stereocenters. The largest absolute Gasteiger partial charge is 0.481 e. The molecule has 3 aromatic heterocycles. The van der Waals surface area contributed by atoms with Gasteiger partial charge < -0.3 is 30.4 Å². The highest BCUT2D eigenvalue weighted by Crippen LogP contribution is 2.43. The van der Waals surface area contributed by atoms with Crippen molar-refractivity contribution in [3.05, 3.63) is 81.4 Å². The van der Waals surface area contributed by atoms with Crippen LogP contribution in [0.2, 0.25) is 0 Å². The third-order valence-corrected chi connectivity index (χ3v) is 9.84. The second-order valence-corrected chi connectivity index (χ2v) is 13.2. The number of hydrogen-bond acceptors (Lipinski definition) is 6. The third kappa shape index (κ3) is 6.94. The molecule has 0 saturated carbocycles. The number of aliphatic carboxylic acids is 1. The Balaban J connectivity index is 1.96. The summed E-state index contributed by atoms with van der Waals surface area (Å²) in [7, 11) is 3.83. The zero-order valence-electron chi connectivity index (χ0n) is 29.4. The topological polar surface area (TPSA) is 164 Å². The maximum Gasteiger partial charge on any atom is 0.338 e. The van der Waals surface area contributed by atoms with Crippen LogP contribution in [0.15, 0.2) is 30.9 Å². The number of carboxylic acid groups (broad SMARTS) is 2. The van der Waals surface area contributed by atoms with E-state index >= 15 is 0 Å². The van der Waals surface area contributed by atoms with Gasteiger partial charge in [0.05, 0.1) is 34.6 Å². The number of carbonyl (C=O) groups excluding carboxylic acids is 1. The molecular formula is C38H46N6O5. The molecule has 11 heteroatoms. The number of carbonyl (C=O) groups is 3. The average molecular weight is 667 g/mol. The maximum atomic E-state index is 13.6. The van der Waals surface area contributed by atoms with Gasteiger partial charge in [-0.2, -0.15) is 0 Å². The van der Waals surface area contributed by atoms with Gasteiger partial charge in [-0.25, -0.2) is 9.78 Å². The standard InChI is InChI=1S/C38H46N6O5/c1-9-23-19(3)27-16-29-21(5)25(11-12-34(46)47)36(42-29)26(15-33(45)39-13-14-44(7)8)37-35(38(48)49)22(6)30(43-37)18-32-24(10-2)20(4)28(41-32)17-31(23)40-27/h9,16-18,21,25,41,43H,1,10-15H2,2-8H3,(H,39,45)(H,46,47)(H,48,49)/t21-,25-/m0/s1. The van der Waals surface area contributed by atoms with Crippen molar-refractivity contribution in [2.75, 3.05) is 27.2 Å². The van der Waals surface area contributed by atoms with E-state index in [9.17, 15) is 24.6 Å². The van der Waals surface area contributed by atoms with E-state index < -0.39 is 11.9 Å². The summed E-state index contributed by atoms with van der Waals surface area (Å²) in [6.07, 6.45) is 2.54. The Hall–Kier alpha value is -5.03. The van der Waals surface area contributed by atoms with Crippen molar-refractivity contribution in [1.29, 1.82) is 0 Å². The normalized spacial score (nSPS) is 15.9. The number of nitrogens with one attached hydrogen (secondary N) is 3. The van der Waals surface area contributed by atoms with Crippen LogP contribution in [0.1, 0.15) is 101 Å².